The van der Waals surface area contributed by atoms with Crippen molar-refractivity contribution in [2.24, 2.45) is 5.92 Å². The summed E-state index contributed by atoms with van der Waals surface area (Å²) in [6.07, 6.45) is 0.439. The summed E-state index contributed by atoms with van der Waals surface area (Å²) in [4.78, 5) is 28.6. The molecular weight excluding hydrogens is 304 g/mol. The molecule has 2 aromatic rings. The zero-order valence-electron chi connectivity index (χ0n) is 13.4. The average Bonchev–Trinajstić information content (AvgIpc) is 3.20. The fourth-order valence-corrected chi connectivity index (χ4v) is 3.75. The highest BCUT2D eigenvalue weighted by Gasteiger charge is 2.39. The smallest absolute Gasteiger partial charge is 0.228 e. The van der Waals surface area contributed by atoms with E-state index in [2.05, 4.69) is 0 Å². The summed E-state index contributed by atoms with van der Waals surface area (Å²) in [6, 6.07) is 13.9. The molecule has 5 nitrogen and oxygen atoms in total. The Hall–Kier alpha value is -2.40. The highest BCUT2D eigenvalue weighted by Crippen LogP contribution is 2.32. The number of anilines is 1. The number of benzene rings is 2. The van der Waals surface area contributed by atoms with Crippen LogP contribution in [0, 0.1) is 5.92 Å². The molecule has 0 spiro atoms. The van der Waals surface area contributed by atoms with Crippen LogP contribution in [0.25, 0.3) is 10.8 Å². The molecule has 0 aliphatic carbocycles. The van der Waals surface area contributed by atoms with E-state index in [-0.39, 0.29) is 24.2 Å². The van der Waals surface area contributed by atoms with Crippen LogP contribution >= 0.6 is 0 Å². The number of β-amino-alcohol motifs (C(OH)–C–C–N with tert-alkyl or cyclic N) is 1. The van der Waals surface area contributed by atoms with Crippen LogP contribution in [0.5, 0.6) is 0 Å². The van der Waals surface area contributed by atoms with Crippen LogP contribution in [0.1, 0.15) is 12.8 Å². The molecular formula is C19H20N2O3. The first kappa shape index (κ1) is 15.1. The molecule has 2 aliphatic heterocycles. The van der Waals surface area contributed by atoms with Gasteiger partial charge in [-0.3, -0.25) is 9.59 Å². The maximum absolute atomic E-state index is 12.6. The van der Waals surface area contributed by atoms with E-state index in [1.165, 1.54) is 0 Å². The van der Waals surface area contributed by atoms with E-state index in [4.69, 9.17) is 0 Å². The van der Waals surface area contributed by atoms with Crippen molar-refractivity contribution in [1.29, 1.82) is 0 Å². The van der Waals surface area contributed by atoms with E-state index < -0.39 is 6.10 Å². The summed E-state index contributed by atoms with van der Waals surface area (Å²) >= 11 is 0. The monoisotopic (exact) mass is 324 g/mol. The topological polar surface area (TPSA) is 60.9 Å². The van der Waals surface area contributed by atoms with E-state index in [1.807, 2.05) is 42.5 Å². The minimum Gasteiger partial charge on any atom is -0.391 e. The van der Waals surface area contributed by atoms with Crippen molar-refractivity contribution in [3.8, 4) is 0 Å². The van der Waals surface area contributed by atoms with Gasteiger partial charge in [-0.1, -0.05) is 36.4 Å². The predicted octanol–water partition coefficient (Wildman–Crippen LogP) is 1.79. The van der Waals surface area contributed by atoms with Gasteiger partial charge in [0.15, 0.2) is 0 Å². The Labute approximate surface area is 140 Å². The molecule has 2 aliphatic rings. The van der Waals surface area contributed by atoms with Gasteiger partial charge in [0.25, 0.3) is 0 Å². The largest absolute Gasteiger partial charge is 0.391 e. The molecule has 1 N–H and O–H groups in total. The van der Waals surface area contributed by atoms with Gasteiger partial charge in [0.1, 0.15) is 0 Å². The molecule has 124 valence electrons. The molecule has 5 heteroatoms. The normalized spacial score (nSPS) is 24.1. The molecule has 1 unspecified atom stereocenters. The van der Waals surface area contributed by atoms with Gasteiger partial charge < -0.3 is 14.9 Å². The lowest BCUT2D eigenvalue weighted by Gasteiger charge is -2.21. The molecule has 2 aromatic carbocycles. The van der Waals surface area contributed by atoms with Crippen LogP contribution in [0.3, 0.4) is 0 Å². The van der Waals surface area contributed by atoms with Crippen LogP contribution < -0.4 is 4.90 Å². The number of rotatable bonds is 2. The lowest BCUT2D eigenvalue weighted by atomic mass is 10.1. The van der Waals surface area contributed by atoms with Crippen molar-refractivity contribution < 1.29 is 14.7 Å². The molecule has 4 rings (SSSR count). The number of aliphatic hydroxyl groups excluding tert-OH is 1. The number of hydrogen-bond acceptors (Lipinski definition) is 3. The first-order valence-corrected chi connectivity index (χ1v) is 8.38. The van der Waals surface area contributed by atoms with Gasteiger partial charge in [0.2, 0.25) is 11.8 Å². The SMILES string of the molecule is O=C(C1CC(=O)N(c2cccc3ccccc23)C1)N1CC[C@H](O)C1. The van der Waals surface area contributed by atoms with Crippen LogP contribution in [-0.2, 0) is 9.59 Å². The summed E-state index contributed by atoms with van der Waals surface area (Å²) in [6.45, 7) is 1.38. The quantitative estimate of drug-likeness (QED) is 0.916. The third-order valence-corrected chi connectivity index (χ3v) is 5.01. The van der Waals surface area contributed by atoms with Crippen LogP contribution in [0.2, 0.25) is 0 Å². The minimum atomic E-state index is -0.430. The van der Waals surface area contributed by atoms with Crippen molar-refractivity contribution in [2.45, 2.75) is 18.9 Å². The van der Waals surface area contributed by atoms with Crippen molar-refractivity contribution in [3.63, 3.8) is 0 Å². The van der Waals surface area contributed by atoms with Gasteiger partial charge in [-0.2, -0.15) is 0 Å². The molecule has 2 fully saturated rings. The molecule has 0 saturated carbocycles. The summed E-state index contributed by atoms with van der Waals surface area (Å²) in [5, 5.41) is 11.7. The van der Waals surface area contributed by atoms with Gasteiger partial charge in [-0.25, -0.2) is 0 Å². The van der Waals surface area contributed by atoms with E-state index in [9.17, 15) is 14.7 Å². The Balaban J connectivity index is 1.59. The molecule has 24 heavy (non-hydrogen) atoms. The fraction of sp³-hybridized carbons (Fsp3) is 0.368. The zero-order valence-corrected chi connectivity index (χ0v) is 13.4. The molecule has 2 heterocycles. The summed E-state index contributed by atoms with van der Waals surface area (Å²) in [5.74, 6) is -0.339. The number of hydrogen-bond donors (Lipinski definition) is 1. The van der Waals surface area contributed by atoms with E-state index in [0.29, 0.717) is 26.1 Å². The third-order valence-electron chi connectivity index (χ3n) is 5.01. The molecule has 0 radical (unpaired) electrons. The second kappa shape index (κ2) is 5.91. The van der Waals surface area contributed by atoms with Gasteiger partial charge in [-0.05, 0) is 17.9 Å². The standard InChI is InChI=1S/C19H20N2O3/c22-15-8-9-20(12-15)19(24)14-10-18(23)21(11-14)17-7-3-5-13-4-1-2-6-16(13)17/h1-7,14-15,22H,8-12H2/t14?,15-/m0/s1. The average molecular weight is 324 g/mol. The Morgan fingerprint density at radius 3 is 2.67 bits per heavy atom. The first-order chi connectivity index (χ1) is 11.6. The van der Waals surface area contributed by atoms with Gasteiger partial charge in [-0.15, -0.1) is 0 Å². The van der Waals surface area contributed by atoms with E-state index >= 15 is 0 Å². The first-order valence-electron chi connectivity index (χ1n) is 8.38. The fourth-order valence-electron chi connectivity index (χ4n) is 3.75. The van der Waals surface area contributed by atoms with Crippen molar-refractivity contribution in [3.05, 3.63) is 42.5 Å². The van der Waals surface area contributed by atoms with E-state index in [1.54, 1.807) is 9.80 Å². The third kappa shape index (κ3) is 2.55. The Kier molecular flexibility index (Phi) is 3.73. The molecule has 0 aromatic heterocycles. The summed E-state index contributed by atoms with van der Waals surface area (Å²) in [7, 11) is 0. The van der Waals surface area contributed by atoms with Crippen molar-refractivity contribution in [1.82, 2.24) is 4.90 Å². The highest BCUT2D eigenvalue weighted by molar-refractivity contribution is 6.07. The molecule has 2 saturated heterocycles. The number of amides is 2. The Morgan fingerprint density at radius 2 is 1.88 bits per heavy atom. The van der Waals surface area contributed by atoms with Crippen LogP contribution in [0.4, 0.5) is 5.69 Å². The molecule has 2 amide bonds. The minimum absolute atomic E-state index is 0.00977. The lowest BCUT2D eigenvalue weighted by molar-refractivity contribution is -0.135. The van der Waals surface area contributed by atoms with Gasteiger partial charge in [0.05, 0.1) is 17.7 Å². The highest BCUT2D eigenvalue weighted by atomic mass is 16.3. The van der Waals surface area contributed by atoms with E-state index in [0.717, 1.165) is 16.5 Å². The Bertz CT molecular complexity index is 799. The van der Waals surface area contributed by atoms with Crippen LogP contribution in [0.15, 0.2) is 42.5 Å². The van der Waals surface area contributed by atoms with Crippen molar-refractivity contribution in [2.75, 3.05) is 24.5 Å². The number of carbonyl (C=O) groups is 2. The lowest BCUT2D eigenvalue weighted by Crippen LogP contribution is -2.36. The van der Waals surface area contributed by atoms with Crippen molar-refractivity contribution >= 4 is 28.3 Å². The maximum atomic E-state index is 12.6. The number of likely N-dealkylation sites (tertiary alicyclic amines) is 1. The second-order valence-electron chi connectivity index (χ2n) is 6.63. The number of nitrogens with zero attached hydrogens (tertiary/aromatic N) is 2. The number of aliphatic hydroxyl groups is 1. The van der Waals surface area contributed by atoms with Crippen LogP contribution in [-0.4, -0.2) is 47.6 Å². The Morgan fingerprint density at radius 1 is 1.08 bits per heavy atom. The van der Waals surface area contributed by atoms with Gasteiger partial charge in [0, 0.05) is 31.4 Å². The zero-order chi connectivity index (χ0) is 16.7. The number of fused-ring (bicyclic) bond motifs is 1. The van der Waals surface area contributed by atoms with Gasteiger partial charge >= 0.3 is 0 Å². The number of carbonyl (C=O) groups excluding carboxylic acids is 2. The summed E-state index contributed by atoms with van der Waals surface area (Å²) < 4.78 is 0. The predicted molar refractivity (Wildman–Crippen MR) is 91.6 cm³/mol. The molecule has 0 bridgehead atoms. The summed E-state index contributed by atoms with van der Waals surface area (Å²) in [5.41, 5.74) is 0.870. The molecule has 2 atom stereocenters. The second-order valence-corrected chi connectivity index (χ2v) is 6.63. The maximum Gasteiger partial charge on any atom is 0.228 e.